The number of nitrogens with zero attached hydrogens (tertiary/aromatic N) is 2. The van der Waals surface area contributed by atoms with Crippen molar-refractivity contribution in [3.63, 3.8) is 0 Å². The predicted octanol–water partition coefficient (Wildman–Crippen LogP) is 3.28. The van der Waals surface area contributed by atoms with Gasteiger partial charge in [0.1, 0.15) is 0 Å². The van der Waals surface area contributed by atoms with Crippen molar-refractivity contribution < 1.29 is 9.90 Å². The lowest BCUT2D eigenvalue weighted by atomic mass is 9.88. The molecule has 0 unspecified atom stereocenters. The summed E-state index contributed by atoms with van der Waals surface area (Å²) in [6.07, 6.45) is 6.53. The Morgan fingerprint density at radius 3 is 2.67 bits per heavy atom. The summed E-state index contributed by atoms with van der Waals surface area (Å²) in [4.78, 5) is 28.8. The highest BCUT2D eigenvalue weighted by molar-refractivity contribution is 5.83. The van der Waals surface area contributed by atoms with Crippen molar-refractivity contribution in [2.24, 2.45) is 11.8 Å². The number of allylic oxidation sites excluding steroid dienone is 2. The van der Waals surface area contributed by atoms with E-state index in [1.807, 2.05) is 54.9 Å². The second-order valence-corrected chi connectivity index (χ2v) is 9.77. The van der Waals surface area contributed by atoms with E-state index in [2.05, 4.69) is 22.4 Å². The van der Waals surface area contributed by atoms with E-state index in [-0.39, 0.29) is 42.0 Å². The molecular formula is C27H33N3O3. The third-order valence-corrected chi connectivity index (χ3v) is 7.92. The molecule has 5 atom stereocenters. The minimum atomic E-state index is -0.430. The number of hydrogen-bond acceptors (Lipinski definition) is 4. The first-order valence-corrected chi connectivity index (χ1v) is 12.1. The van der Waals surface area contributed by atoms with Gasteiger partial charge in [-0.3, -0.25) is 14.5 Å². The highest BCUT2D eigenvalue weighted by Gasteiger charge is 2.54. The van der Waals surface area contributed by atoms with Crippen LogP contribution in [0.3, 0.4) is 0 Å². The summed E-state index contributed by atoms with van der Waals surface area (Å²) in [5, 5.41) is 13.4. The zero-order valence-electron chi connectivity index (χ0n) is 19.4. The van der Waals surface area contributed by atoms with Crippen molar-refractivity contribution in [2.75, 3.05) is 13.7 Å². The second-order valence-electron chi connectivity index (χ2n) is 9.77. The molecule has 3 heterocycles. The molecule has 0 bridgehead atoms. The number of rotatable bonds is 5. The van der Waals surface area contributed by atoms with Gasteiger partial charge in [-0.1, -0.05) is 36.4 Å². The fourth-order valence-corrected chi connectivity index (χ4v) is 6.22. The number of aromatic nitrogens is 1. The lowest BCUT2D eigenvalue weighted by Crippen LogP contribution is -2.47. The van der Waals surface area contributed by atoms with Gasteiger partial charge in [-0.05, 0) is 62.9 Å². The second kappa shape index (κ2) is 8.92. The number of likely N-dealkylation sites (tertiary alicyclic amines) is 1. The Morgan fingerprint density at radius 1 is 1.18 bits per heavy atom. The normalized spacial score (nSPS) is 27.5. The van der Waals surface area contributed by atoms with Gasteiger partial charge in [0.05, 0.1) is 18.1 Å². The monoisotopic (exact) mass is 447 g/mol. The standard InChI is InChI=1S/C27H33N3O3/c1-17(18-9-5-3-6-10-18)28-26(32)25-22(16-31)21-15-30-23(24(21)29(25)2)14-13-20(27(30)33)19-11-7-4-8-12-19/h3,5-6,9-11,13-14,17,21-22,24-25,31H,4,7-8,12,15-16H2,1-2H3,(H,28,32)/t17-,21+,22+,24-,25+/m0/s1. The van der Waals surface area contributed by atoms with Crippen molar-refractivity contribution in [2.45, 2.75) is 57.3 Å². The number of carbonyl (C=O) groups is 1. The lowest BCUT2D eigenvalue weighted by Gasteiger charge is -2.28. The van der Waals surface area contributed by atoms with Gasteiger partial charge in [0.2, 0.25) is 5.91 Å². The Hall–Kier alpha value is -2.70. The van der Waals surface area contributed by atoms with E-state index in [0.29, 0.717) is 6.54 Å². The first-order chi connectivity index (χ1) is 16.0. The fraction of sp³-hybridized carbons (Fsp3) is 0.481. The number of fused-ring (bicyclic) bond motifs is 3. The zero-order valence-corrected chi connectivity index (χ0v) is 19.4. The van der Waals surface area contributed by atoms with Crippen LogP contribution in [0.25, 0.3) is 5.57 Å². The topological polar surface area (TPSA) is 74.6 Å². The Balaban J connectivity index is 1.41. The molecular weight excluding hydrogens is 414 g/mol. The highest BCUT2D eigenvalue weighted by atomic mass is 16.3. The quantitative estimate of drug-likeness (QED) is 0.738. The Bertz CT molecular complexity index is 1120. The molecule has 1 aliphatic carbocycles. The molecule has 3 aliphatic rings. The van der Waals surface area contributed by atoms with Crippen LogP contribution in [0.1, 0.15) is 61.5 Å². The van der Waals surface area contributed by atoms with E-state index >= 15 is 0 Å². The van der Waals surface area contributed by atoms with Gasteiger partial charge in [-0.25, -0.2) is 0 Å². The predicted molar refractivity (Wildman–Crippen MR) is 129 cm³/mol. The van der Waals surface area contributed by atoms with Crippen LogP contribution in [0.4, 0.5) is 0 Å². The third kappa shape index (κ3) is 3.75. The van der Waals surface area contributed by atoms with Crippen molar-refractivity contribution in [3.05, 3.63) is 75.7 Å². The maximum absolute atomic E-state index is 13.4. The van der Waals surface area contributed by atoms with Crippen LogP contribution in [0.5, 0.6) is 0 Å². The number of likely N-dealkylation sites (N-methyl/N-ethyl adjacent to an activating group) is 1. The summed E-state index contributed by atoms with van der Waals surface area (Å²) in [6.45, 7) is 2.45. The highest BCUT2D eigenvalue weighted by Crippen LogP contribution is 2.48. The average molecular weight is 448 g/mol. The number of benzene rings is 1. The van der Waals surface area contributed by atoms with Crippen LogP contribution >= 0.6 is 0 Å². The van der Waals surface area contributed by atoms with Gasteiger partial charge in [-0.15, -0.1) is 0 Å². The Labute approximate surface area is 194 Å². The van der Waals surface area contributed by atoms with E-state index < -0.39 is 6.04 Å². The molecule has 2 aromatic rings. The first-order valence-electron chi connectivity index (χ1n) is 12.1. The van der Waals surface area contributed by atoms with E-state index in [1.165, 1.54) is 6.42 Å². The van der Waals surface area contributed by atoms with Crippen LogP contribution < -0.4 is 10.9 Å². The summed E-state index contributed by atoms with van der Waals surface area (Å²) in [7, 11) is 1.95. The van der Waals surface area contributed by atoms with E-state index in [9.17, 15) is 14.7 Å². The molecule has 0 spiro atoms. The third-order valence-electron chi connectivity index (χ3n) is 7.92. The summed E-state index contributed by atoms with van der Waals surface area (Å²) in [5.41, 5.74) is 4.05. The minimum Gasteiger partial charge on any atom is -0.396 e. The van der Waals surface area contributed by atoms with Crippen LogP contribution in [0, 0.1) is 11.8 Å². The maximum Gasteiger partial charge on any atom is 0.258 e. The minimum absolute atomic E-state index is 0.0334. The number of hydrogen-bond donors (Lipinski definition) is 2. The van der Waals surface area contributed by atoms with Crippen LogP contribution in [-0.2, 0) is 11.3 Å². The molecule has 1 aromatic carbocycles. The number of carbonyl (C=O) groups excluding carboxylic acids is 1. The summed E-state index contributed by atoms with van der Waals surface area (Å²) in [6, 6.07) is 13.3. The number of pyridine rings is 1. The van der Waals surface area contributed by atoms with Gasteiger partial charge >= 0.3 is 0 Å². The molecule has 1 fully saturated rings. The van der Waals surface area contributed by atoms with Gasteiger partial charge < -0.3 is 15.0 Å². The van der Waals surface area contributed by atoms with Gasteiger partial charge in [0.25, 0.3) is 5.56 Å². The zero-order chi connectivity index (χ0) is 23.1. The van der Waals surface area contributed by atoms with Crippen molar-refractivity contribution in [1.29, 1.82) is 0 Å². The summed E-state index contributed by atoms with van der Waals surface area (Å²) >= 11 is 0. The smallest absolute Gasteiger partial charge is 0.258 e. The molecule has 2 aliphatic heterocycles. The average Bonchev–Trinajstić information content (AvgIpc) is 3.35. The molecule has 0 saturated carbocycles. The Kier molecular flexibility index (Phi) is 5.97. The molecule has 6 nitrogen and oxygen atoms in total. The van der Waals surface area contributed by atoms with Crippen LogP contribution in [0.15, 0.2) is 53.3 Å². The summed E-state index contributed by atoms with van der Waals surface area (Å²) in [5.74, 6) is -0.258. The van der Waals surface area contributed by atoms with Crippen molar-refractivity contribution >= 4 is 11.5 Å². The molecule has 0 radical (unpaired) electrons. The molecule has 2 N–H and O–H groups in total. The number of amides is 1. The van der Waals surface area contributed by atoms with Gasteiger partial charge in [0.15, 0.2) is 0 Å². The first kappa shape index (κ1) is 22.1. The SMILES string of the molecule is C[C@H](NC(=O)[C@H]1[C@H](CO)[C@H]2Cn3c(ccc(C4=CCCCC4)c3=O)[C@H]2N1C)c1ccccc1. The van der Waals surface area contributed by atoms with Gasteiger partial charge in [-0.2, -0.15) is 0 Å². The number of aliphatic hydroxyl groups is 1. The number of aliphatic hydroxyl groups excluding tert-OH is 1. The number of nitrogens with one attached hydrogen (secondary N) is 1. The molecule has 1 aromatic heterocycles. The largest absolute Gasteiger partial charge is 0.396 e. The fourth-order valence-electron chi connectivity index (χ4n) is 6.22. The molecule has 5 rings (SSSR count). The van der Waals surface area contributed by atoms with E-state index in [0.717, 1.165) is 41.7 Å². The molecule has 174 valence electrons. The van der Waals surface area contributed by atoms with E-state index in [1.54, 1.807) is 0 Å². The maximum atomic E-state index is 13.4. The Morgan fingerprint density at radius 2 is 1.97 bits per heavy atom. The summed E-state index contributed by atoms with van der Waals surface area (Å²) < 4.78 is 1.89. The van der Waals surface area contributed by atoms with Crippen molar-refractivity contribution in [3.8, 4) is 0 Å². The molecule has 33 heavy (non-hydrogen) atoms. The van der Waals surface area contributed by atoms with Gasteiger partial charge in [0, 0.05) is 36.2 Å². The lowest BCUT2D eigenvalue weighted by molar-refractivity contribution is -0.127. The van der Waals surface area contributed by atoms with Crippen LogP contribution in [0.2, 0.25) is 0 Å². The van der Waals surface area contributed by atoms with Crippen LogP contribution in [-0.4, -0.2) is 40.2 Å². The molecule has 6 heteroatoms. The van der Waals surface area contributed by atoms with Crippen molar-refractivity contribution in [1.82, 2.24) is 14.8 Å². The van der Waals surface area contributed by atoms with E-state index in [4.69, 9.17) is 0 Å². The molecule has 1 amide bonds. The molecule has 1 saturated heterocycles.